The molecule has 0 aliphatic rings. The summed E-state index contributed by atoms with van der Waals surface area (Å²) in [5.74, 6) is 0. The van der Waals surface area contributed by atoms with Crippen molar-refractivity contribution in [1.82, 2.24) is 0 Å². The molecule has 0 bridgehead atoms. The average molecular weight is 1460 g/mol. The summed E-state index contributed by atoms with van der Waals surface area (Å²) in [7, 11) is 0. The summed E-state index contributed by atoms with van der Waals surface area (Å²) in [4.78, 5) is 0. The summed E-state index contributed by atoms with van der Waals surface area (Å²) in [5.41, 5.74) is 23.1. The molecule has 0 N–H and O–H groups in total. The molecule has 7 rings (SSSR count). The van der Waals surface area contributed by atoms with E-state index in [0.717, 1.165) is 36.6 Å². The van der Waals surface area contributed by atoms with Crippen molar-refractivity contribution >= 4 is 15.9 Å². The molecular weight excluding hydrogens is 1310 g/mol. The van der Waals surface area contributed by atoms with E-state index in [-0.39, 0.29) is 0 Å². The number of aryl methyl sites for hydroxylation is 5. The number of halogens is 1. The molecule has 0 fully saturated rings. The molecule has 0 atom stereocenters. The van der Waals surface area contributed by atoms with Crippen molar-refractivity contribution in [3.8, 4) is 66.8 Å². The second kappa shape index (κ2) is 54.6. The van der Waals surface area contributed by atoms with Crippen LogP contribution in [0, 0.1) is 0 Å². The molecular formula is C102H149Br. The van der Waals surface area contributed by atoms with Crippen molar-refractivity contribution in [2.75, 3.05) is 0 Å². The molecule has 0 saturated heterocycles. The fraction of sp³-hybridized carbons (Fsp3) is 0.588. The highest BCUT2D eigenvalue weighted by atomic mass is 79.9. The lowest BCUT2D eigenvalue weighted by Gasteiger charge is -2.29. The van der Waals surface area contributed by atoms with Crippen LogP contribution in [-0.4, -0.2) is 0 Å². The quantitative estimate of drug-likeness (QED) is 0.0333. The summed E-state index contributed by atoms with van der Waals surface area (Å²) < 4.78 is 1.11. The molecule has 0 aliphatic heterocycles. The minimum absolute atomic E-state index is 1.11. The van der Waals surface area contributed by atoms with Gasteiger partial charge in [0.15, 0.2) is 0 Å². The minimum atomic E-state index is 1.11. The SMILES string of the molecule is CCCCCCCCCCCCc1ccc(-c2c(-c3ccc(Br)cc3)c(-c3ccc(CCCCCCCCCCCC)cc3)c(-c3ccc(CCCCCCCCCCCC)cc3)c(-c3ccc(CCCCCCCCCCCC)cc3)c2-c2ccc(CCCCCCCCCCCC)cc2)cc1. The Morgan fingerprint density at radius 1 is 0.146 bits per heavy atom. The van der Waals surface area contributed by atoms with E-state index in [1.54, 1.807) is 0 Å². The van der Waals surface area contributed by atoms with Crippen LogP contribution < -0.4 is 0 Å². The summed E-state index contributed by atoms with van der Waals surface area (Å²) >= 11 is 3.95. The lowest BCUT2D eigenvalue weighted by atomic mass is 9.74. The Morgan fingerprint density at radius 2 is 0.262 bits per heavy atom. The van der Waals surface area contributed by atoms with E-state index in [9.17, 15) is 0 Å². The van der Waals surface area contributed by atoms with Gasteiger partial charge in [0.1, 0.15) is 0 Å². The van der Waals surface area contributed by atoms with Gasteiger partial charge in [0.25, 0.3) is 0 Å². The standard InChI is InChI=1S/C102H149Br/c1-6-11-16-21-26-31-36-41-46-51-56-85-61-71-90(72-62-85)97-98(91-73-63-86(64-74-91)57-52-47-42-37-32-27-22-17-12-7-2)100(93-77-67-88(68-78-93)59-54-49-44-39-34-29-24-19-14-9-4)102(95-81-83-96(103)84-82-95)101(94-79-69-89(70-80-94)60-55-50-45-40-35-30-25-20-15-10-5)99(97)92-75-65-87(66-76-92)58-53-48-43-38-33-28-23-18-13-8-3/h61-84H,6-60H2,1-5H3. The van der Waals surface area contributed by atoms with E-state index in [0.29, 0.717) is 0 Å². The maximum atomic E-state index is 3.95. The maximum Gasteiger partial charge on any atom is 0.0175 e. The van der Waals surface area contributed by atoms with Crippen LogP contribution in [0.5, 0.6) is 0 Å². The predicted molar refractivity (Wildman–Crippen MR) is 464 cm³/mol. The van der Waals surface area contributed by atoms with Gasteiger partial charge < -0.3 is 0 Å². The van der Waals surface area contributed by atoms with Gasteiger partial charge in [-0.2, -0.15) is 0 Å². The second-order valence-electron chi connectivity index (χ2n) is 31.9. The fourth-order valence-corrected chi connectivity index (χ4v) is 16.6. The van der Waals surface area contributed by atoms with Crippen LogP contribution in [0.25, 0.3) is 66.8 Å². The molecule has 1 heteroatoms. The van der Waals surface area contributed by atoms with Crippen LogP contribution in [0.15, 0.2) is 150 Å². The third-order valence-electron chi connectivity index (χ3n) is 22.9. The Bertz CT molecular complexity index is 3030. The van der Waals surface area contributed by atoms with Crippen LogP contribution in [0.3, 0.4) is 0 Å². The van der Waals surface area contributed by atoms with E-state index < -0.39 is 0 Å². The lowest BCUT2D eigenvalue weighted by molar-refractivity contribution is 0.556. The first-order chi connectivity index (χ1) is 51.0. The third-order valence-corrected chi connectivity index (χ3v) is 23.5. The summed E-state index contributed by atoms with van der Waals surface area (Å²) in [6.45, 7) is 11.6. The fourth-order valence-electron chi connectivity index (χ4n) is 16.4. The van der Waals surface area contributed by atoms with E-state index in [1.807, 2.05) is 0 Å². The number of unbranched alkanes of at least 4 members (excludes halogenated alkanes) is 45. The van der Waals surface area contributed by atoms with Gasteiger partial charge in [-0.15, -0.1) is 0 Å². The Kier molecular flexibility index (Phi) is 45.2. The van der Waals surface area contributed by atoms with Crippen LogP contribution in [0.4, 0.5) is 0 Å². The summed E-state index contributed by atoms with van der Waals surface area (Å²) in [6, 6.07) is 59.7. The summed E-state index contributed by atoms with van der Waals surface area (Å²) in [5, 5.41) is 0. The zero-order chi connectivity index (χ0) is 72.3. The van der Waals surface area contributed by atoms with Crippen molar-refractivity contribution < 1.29 is 0 Å². The van der Waals surface area contributed by atoms with Gasteiger partial charge in [-0.05, 0) is 171 Å². The predicted octanol–water partition coefficient (Wildman–Crippen LogP) is 34.8. The molecule has 0 heterocycles. The Hall–Kier alpha value is -4.98. The minimum Gasteiger partial charge on any atom is -0.0654 e. The molecule has 7 aromatic rings. The third kappa shape index (κ3) is 33.0. The maximum absolute atomic E-state index is 3.95. The van der Waals surface area contributed by atoms with E-state index in [1.165, 1.54) is 416 Å². The molecule has 0 amide bonds. The highest BCUT2D eigenvalue weighted by Crippen LogP contribution is 2.56. The topological polar surface area (TPSA) is 0 Å². The zero-order valence-electron chi connectivity index (χ0n) is 67.1. The average Bonchev–Trinajstić information content (AvgIpc) is 0.716. The Balaban J connectivity index is 1.36. The van der Waals surface area contributed by atoms with Crippen LogP contribution in [0.2, 0.25) is 0 Å². The Labute approximate surface area is 644 Å². The van der Waals surface area contributed by atoms with E-state index >= 15 is 0 Å². The van der Waals surface area contributed by atoms with Crippen molar-refractivity contribution in [3.63, 3.8) is 0 Å². The van der Waals surface area contributed by atoms with Crippen molar-refractivity contribution in [1.29, 1.82) is 0 Å². The molecule has 0 aromatic heterocycles. The van der Waals surface area contributed by atoms with Crippen LogP contribution >= 0.6 is 15.9 Å². The van der Waals surface area contributed by atoms with Crippen molar-refractivity contribution in [2.45, 2.75) is 388 Å². The van der Waals surface area contributed by atoms with Crippen LogP contribution in [0.1, 0.15) is 383 Å². The molecule has 0 unspecified atom stereocenters. The van der Waals surface area contributed by atoms with Gasteiger partial charge in [-0.1, -0.05) is 473 Å². The van der Waals surface area contributed by atoms with Crippen molar-refractivity contribution in [3.05, 3.63) is 178 Å². The lowest BCUT2D eigenvalue weighted by Crippen LogP contribution is -2.03. The highest BCUT2D eigenvalue weighted by Gasteiger charge is 2.30. The van der Waals surface area contributed by atoms with E-state index in [4.69, 9.17) is 0 Å². The van der Waals surface area contributed by atoms with Gasteiger partial charge in [0.05, 0.1) is 0 Å². The summed E-state index contributed by atoms with van der Waals surface area (Å²) in [6.07, 6.45) is 73.8. The van der Waals surface area contributed by atoms with E-state index in [2.05, 4.69) is 196 Å². The Morgan fingerprint density at radius 3 is 0.398 bits per heavy atom. The normalized spacial score (nSPS) is 11.6. The number of hydrogen-bond acceptors (Lipinski definition) is 0. The first-order valence-electron chi connectivity index (χ1n) is 44.4. The van der Waals surface area contributed by atoms with Crippen LogP contribution in [-0.2, 0) is 32.1 Å². The largest absolute Gasteiger partial charge is 0.0654 e. The highest BCUT2D eigenvalue weighted by molar-refractivity contribution is 9.10. The van der Waals surface area contributed by atoms with Gasteiger partial charge in [-0.25, -0.2) is 0 Å². The zero-order valence-corrected chi connectivity index (χ0v) is 68.7. The molecule has 0 nitrogen and oxygen atoms in total. The smallest absolute Gasteiger partial charge is 0.0175 e. The van der Waals surface area contributed by atoms with Gasteiger partial charge in [0, 0.05) is 4.47 Å². The van der Waals surface area contributed by atoms with Gasteiger partial charge >= 0.3 is 0 Å². The molecule has 7 aromatic carbocycles. The molecule has 0 spiro atoms. The van der Waals surface area contributed by atoms with Gasteiger partial charge in [0.2, 0.25) is 0 Å². The van der Waals surface area contributed by atoms with Crippen molar-refractivity contribution in [2.24, 2.45) is 0 Å². The molecule has 0 saturated carbocycles. The molecule has 0 radical (unpaired) electrons. The molecule has 103 heavy (non-hydrogen) atoms. The first-order valence-corrected chi connectivity index (χ1v) is 45.2. The molecule has 0 aliphatic carbocycles. The number of rotatable bonds is 61. The van der Waals surface area contributed by atoms with Gasteiger partial charge in [-0.3, -0.25) is 0 Å². The first kappa shape index (κ1) is 85.3. The number of hydrogen-bond donors (Lipinski definition) is 0. The number of benzene rings is 7. The second-order valence-corrected chi connectivity index (χ2v) is 32.8. The molecule has 564 valence electrons. The monoisotopic (exact) mass is 1450 g/mol.